The summed E-state index contributed by atoms with van der Waals surface area (Å²) in [5.74, 6) is 1.05. The van der Waals surface area contributed by atoms with E-state index in [1.165, 1.54) is 18.6 Å². The van der Waals surface area contributed by atoms with Crippen molar-refractivity contribution in [2.45, 2.75) is 13.3 Å². The highest BCUT2D eigenvalue weighted by Crippen LogP contribution is 2.39. The molecule has 92 valence electrons. The minimum atomic E-state index is -0.355. The first-order valence-electron chi connectivity index (χ1n) is 5.84. The second kappa shape index (κ2) is 4.35. The molecule has 1 saturated carbocycles. The van der Waals surface area contributed by atoms with Crippen molar-refractivity contribution in [2.75, 3.05) is 18.5 Å². The van der Waals surface area contributed by atoms with Crippen LogP contribution in [0.4, 0.5) is 10.1 Å². The van der Waals surface area contributed by atoms with Crippen molar-refractivity contribution >= 4 is 11.5 Å². The molecular formula is C13H18FN3. The van der Waals surface area contributed by atoms with Gasteiger partial charge in [-0.2, -0.15) is 0 Å². The summed E-state index contributed by atoms with van der Waals surface area (Å²) < 4.78 is 13.1. The Labute approximate surface area is 101 Å². The Kier molecular flexibility index (Phi) is 3.05. The van der Waals surface area contributed by atoms with Crippen molar-refractivity contribution in [3.63, 3.8) is 0 Å². The third kappa shape index (κ3) is 2.57. The van der Waals surface area contributed by atoms with Crippen LogP contribution < -0.4 is 10.6 Å². The van der Waals surface area contributed by atoms with Crippen LogP contribution in [-0.4, -0.2) is 19.4 Å². The monoisotopic (exact) mass is 235 g/mol. The van der Waals surface area contributed by atoms with Crippen LogP contribution in [0.1, 0.15) is 18.9 Å². The van der Waals surface area contributed by atoms with Crippen molar-refractivity contribution in [3.05, 3.63) is 29.6 Å². The van der Waals surface area contributed by atoms with Crippen LogP contribution in [0, 0.1) is 23.1 Å². The van der Waals surface area contributed by atoms with Crippen molar-refractivity contribution in [1.29, 1.82) is 5.41 Å². The molecule has 1 fully saturated rings. The molecule has 3 N–H and O–H groups in total. The third-order valence-corrected chi connectivity index (χ3v) is 3.44. The van der Waals surface area contributed by atoms with Gasteiger partial charge in [-0.05, 0) is 36.5 Å². The Bertz CT molecular complexity index is 444. The molecule has 0 saturated heterocycles. The molecule has 1 aliphatic rings. The number of hydrogen-bond donors (Lipinski definition) is 2. The van der Waals surface area contributed by atoms with Gasteiger partial charge < -0.3 is 10.6 Å². The van der Waals surface area contributed by atoms with E-state index in [1.807, 2.05) is 7.05 Å². The van der Waals surface area contributed by atoms with Gasteiger partial charge in [0.15, 0.2) is 0 Å². The molecule has 2 unspecified atom stereocenters. The number of nitrogens with zero attached hydrogens (tertiary/aromatic N) is 1. The van der Waals surface area contributed by atoms with Gasteiger partial charge in [0.05, 0.1) is 0 Å². The second-order valence-electron chi connectivity index (χ2n) is 4.93. The predicted octanol–water partition coefficient (Wildman–Crippen LogP) is 2.20. The normalized spacial score (nSPS) is 22.3. The first kappa shape index (κ1) is 11.9. The lowest BCUT2D eigenvalue weighted by atomic mass is 10.1. The Morgan fingerprint density at radius 3 is 2.76 bits per heavy atom. The summed E-state index contributed by atoms with van der Waals surface area (Å²) >= 11 is 0. The SMILES string of the molecule is CC1CC1CN(C)c1ccc(F)cc1C(=N)N. The summed E-state index contributed by atoms with van der Waals surface area (Å²) in [6.07, 6.45) is 1.25. The standard InChI is InChI=1S/C13H18FN3/c1-8-5-9(8)7-17(2)12-4-3-10(14)6-11(12)13(15)16/h3-4,6,8-9H,5,7H2,1-2H3,(H3,15,16). The van der Waals surface area contributed by atoms with E-state index < -0.39 is 0 Å². The largest absolute Gasteiger partial charge is 0.384 e. The van der Waals surface area contributed by atoms with Crippen LogP contribution in [0.2, 0.25) is 0 Å². The molecule has 17 heavy (non-hydrogen) atoms. The van der Waals surface area contributed by atoms with E-state index in [0.29, 0.717) is 11.5 Å². The predicted molar refractivity (Wildman–Crippen MR) is 68.0 cm³/mol. The lowest BCUT2D eigenvalue weighted by Gasteiger charge is -2.22. The lowest BCUT2D eigenvalue weighted by molar-refractivity contribution is 0.627. The smallest absolute Gasteiger partial charge is 0.125 e. The highest BCUT2D eigenvalue weighted by molar-refractivity contribution is 6.00. The molecule has 0 aliphatic heterocycles. The average molecular weight is 235 g/mol. The van der Waals surface area contributed by atoms with Gasteiger partial charge in [0, 0.05) is 24.8 Å². The quantitative estimate of drug-likeness (QED) is 0.621. The second-order valence-corrected chi connectivity index (χ2v) is 4.93. The van der Waals surface area contributed by atoms with Crippen LogP contribution in [0.3, 0.4) is 0 Å². The van der Waals surface area contributed by atoms with Crippen molar-refractivity contribution < 1.29 is 4.39 Å². The van der Waals surface area contributed by atoms with E-state index in [9.17, 15) is 4.39 Å². The number of nitrogen functional groups attached to an aromatic ring is 1. The van der Waals surface area contributed by atoms with E-state index in [4.69, 9.17) is 11.1 Å². The summed E-state index contributed by atoms with van der Waals surface area (Å²) in [4.78, 5) is 2.06. The highest BCUT2D eigenvalue weighted by Gasteiger charge is 2.33. The maximum Gasteiger partial charge on any atom is 0.125 e. The van der Waals surface area contributed by atoms with Crippen LogP contribution in [0.25, 0.3) is 0 Å². The van der Waals surface area contributed by atoms with E-state index in [0.717, 1.165) is 18.2 Å². The minimum absolute atomic E-state index is 0.0878. The third-order valence-electron chi connectivity index (χ3n) is 3.44. The molecule has 2 rings (SSSR count). The summed E-state index contributed by atoms with van der Waals surface area (Å²) in [5, 5.41) is 7.49. The van der Waals surface area contributed by atoms with Crippen molar-refractivity contribution in [2.24, 2.45) is 17.6 Å². The van der Waals surface area contributed by atoms with E-state index in [1.54, 1.807) is 6.07 Å². The molecule has 3 nitrogen and oxygen atoms in total. The average Bonchev–Trinajstić information content (AvgIpc) is 2.93. The van der Waals surface area contributed by atoms with Crippen molar-refractivity contribution in [1.82, 2.24) is 0 Å². The fourth-order valence-electron chi connectivity index (χ4n) is 2.16. The first-order valence-corrected chi connectivity index (χ1v) is 5.84. The van der Waals surface area contributed by atoms with Gasteiger partial charge in [0.1, 0.15) is 11.7 Å². The van der Waals surface area contributed by atoms with Crippen LogP contribution in [-0.2, 0) is 0 Å². The number of nitrogens with one attached hydrogen (secondary N) is 1. The topological polar surface area (TPSA) is 53.1 Å². The number of hydrogen-bond acceptors (Lipinski definition) is 2. The van der Waals surface area contributed by atoms with Gasteiger partial charge in [-0.3, -0.25) is 5.41 Å². The number of amidine groups is 1. The molecule has 0 radical (unpaired) electrons. The zero-order valence-electron chi connectivity index (χ0n) is 10.2. The zero-order chi connectivity index (χ0) is 12.6. The molecule has 1 aromatic rings. The van der Waals surface area contributed by atoms with Gasteiger partial charge in [-0.1, -0.05) is 6.92 Å². The fraction of sp³-hybridized carbons (Fsp3) is 0.462. The molecule has 1 aromatic carbocycles. The van der Waals surface area contributed by atoms with Gasteiger partial charge in [-0.25, -0.2) is 4.39 Å². The van der Waals surface area contributed by atoms with Crippen LogP contribution in [0.15, 0.2) is 18.2 Å². The van der Waals surface area contributed by atoms with Crippen molar-refractivity contribution in [3.8, 4) is 0 Å². The van der Waals surface area contributed by atoms with Gasteiger partial charge in [0.25, 0.3) is 0 Å². The van der Waals surface area contributed by atoms with E-state index >= 15 is 0 Å². The summed E-state index contributed by atoms with van der Waals surface area (Å²) in [6.45, 7) is 3.17. The molecular weight excluding hydrogens is 217 g/mol. The molecule has 4 heteroatoms. The summed E-state index contributed by atoms with van der Waals surface area (Å²) in [5.41, 5.74) is 6.79. The Balaban J connectivity index is 2.21. The summed E-state index contributed by atoms with van der Waals surface area (Å²) in [7, 11) is 1.96. The minimum Gasteiger partial charge on any atom is -0.384 e. The number of halogens is 1. The number of rotatable bonds is 4. The zero-order valence-corrected chi connectivity index (χ0v) is 10.2. The number of anilines is 1. The van der Waals surface area contributed by atoms with Crippen LogP contribution >= 0.6 is 0 Å². The molecule has 2 atom stereocenters. The van der Waals surface area contributed by atoms with Gasteiger partial charge in [-0.15, -0.1) is 0 Å². The first-order chi connectivity index (χ1) is 7.99. The molecule has 0 aromatic heterocycles. The Morgan fingerprint density at radius 2 is 2.24 bits per heavy atom. The molecule has 0 amide bonds. The number of nitrogens with two attached hydrogens (primary N) is 1. The molecule has 1 aliphatic carbocycles. The lowest BCUT2D eigenvalue weighted by Crippen LogP contribution is -2.24. The van der Waals surface area contributed by atoms with Gasteiger partial charge in [0.2, 0.25) is 0 Å². The summed E-state index contributed by atoms with van der Waals surface area (Å²) in [6, 6.07) is 4.43. The highest BCUT2D eigenvalue weighted by atomic mass is 19.1. The van der Waals surface area contributed by atoms with E-state index in [2.05, 4.69) is 11.8 Å². The number of benzene rings is 1. The molecule has 0 heterocycles. The van der Waals surface area contributed by atoms with Gasteiger partial charge >= 0.3 is 0 Å². The molecule has 0 bridgehead atoms. The Hall–Kier alpha value is -1.58. The maximum absolute atomic E-state index is 13.1. The van der Waals surface area contributed by atoms with Crippen LogP contribution in [0.5, 0.6) is 0 Å². The molecule has 0 spiro atoms. The fourth-order valence-corrected chi connectivity index (χ4v) is 2.16. The van der Waals surface area contributed by atoms with E-state index in [-0.39, 0.29) is 11.7 Å². The Morgan fingerprint density at radius 1 is 1.59 bits per heavy atom. The maximum atomic E-state index is 13.1.